The first-order chi connectivity index (χ1) is 17.2. The van der Waals surface area contributed by atoms with Crippen LogP contribution < -0.4 is 38.2 Å². The molecule has 36 heavy (non-hydrogen) atoms. The molecule has 0 spiro atoms. The molecule has 0 heterocycles. The minimum atomic E-state index is -2.50. The van der Waals surface area contributed by atoms with Gasteiger partial charge < -0.3 is 17.0 Å². The number of ketones is 2. The Kier molecular flexibility index (Phi) is 8.05. The largest absolute Gasteiger partial charge is 1.00 e. The second-order valence-electron chi connectivity index (χ2n) is 8.22. The van der Waals surface area contributed by atoms with Crippen molar-refractivity contribution in [3.63, 3.8) is 0 Å². The van der Waals surface area contributed by atoms with E-state index in [-0.39, 0.29) is 17.0 Å². The number of hydrogen-bond acceptors (Lipinski definition) is 2. The quantitative estimate of drug-likeness (QED) is 0.177. The molecule has 0 saturated carbocycles. The van der Waals surface area contributed by atoms with Gasteiger partial charge in [-0.3, -0.25) is 9.59 Å². The summed E-state index contributed by atoms with van der Waals surface area (Å²) in [5.74, 6) is -0.982. The van der Waals surface area contributed by atoms with E-state index in [4.69, 9.17) is 0 Å². The molecule has 0 bridgehead atoms. The van der Waals surface area contributed by atoms with Crippen LogP contribution in [-0.2, 0) is 0 Å². The summed E-state index contributed by atoms with van der Waals surface area (Å²) in [5.41, 5.74) is 0.849. The lowest BCUT2D eigenvalue weighted by Crippen LogP contribution is -3.00. The lowest BCUT2D eigenvalue weighted by atomic mass is 10.0. The van der Waals surface area contributed by atoms with Gasteiger partial charge in [-0.1, -0.05) is 97.1 Å². The summed E-state index contributed by atoms with van der Waals surface area (Å²) in [6, 6.07) is 47.4. The molecule has 0 saturated heterocycles. The number of carbonyl (C=O) groups is 2. The van der Waals surface area contributed by atoms with Crippen LogP contribution in [0.4, 0.5) is 0 Å². The number of carbonyl (C=O) groups excluding carboxylic acids is 2. The number of halogens is 1. The summed E-state index contributed by atoms with van der Waals surface area (Å²) < 4.78 is 0. The third kappa shape index (κ3) is 4.60. The van der Waals surface area contributed by atoms with Gasteiger partial charge in [-0.25, -0.2) is 0 Å². The molecule has 5 aromatic carbocycles. The predicted octanol–water partition coefficient (Wildman–Crippen LogP) is 2.38. The molecule has 0 aliphatic rings. The third-order valence-corrected chi connectivity index (χ3v) is 10.5. The van der Waals surface area contributed by atoms with Crippen LogP contribution in [0.2, 0.25) is 0 Å². The van der Waals surface area contributed by atoms with Crippen molar-refractivity contribution in [2.24, 2.45) is 0 Å². The van der Waals surface area contributed by atoms with Gasteiger partial charge in [0.1, 0.15) is 28.5 Å². The first kappa shape index (κ1) is 25.4. The van der Waals surface area contributed by atoms with Crippen molar-refractivity contribution in [3.8, 4) is 0 Å². The third-order valence-electron chi connectivity index (χ3n) is 6.18. The van der Waals surface area contributed by atoms with Crippen molar-refractivity contribution in [2.75, 3.05) is 0 Å². The van der Waals surface area contributed by atoms with Gasteiger partial charge in [0.05, 0.1) is 5.56 Å². The minimum absolute atomic E-state index is 0. The van der Waals surface area contributed by atoms with Gasteiger partial charge in [0, 0.05) is 5.56 Å². The Labute approximate surface area is 222 Å². The van der Waals surface area contributed by atoms with Gasteiger partial charge in [-0.2, -0.15) is 0 Å². The molecule has 0 atom stereocenters. The van der Waals surface area contributed by atoms with Crippen LogP contribution in [-0.4, -0.2) is 11.6 Å². The molecule has 4 heteroatoms. The maximum Gasteiger partial charge on any atom is 0.237 e. The Morgan fingerprint density at radius 2 is 0.778 bits per heavy atom. The summed E-state index contributed by atoms with van der Waals surface area (Å²) >= 11 is 0. The summed E-state index contributed by atoms with van der Waals surface area (Å²) in [6.07, 6.45) is 0. The smallest absolute Gasteiger partial charge is 0.237 e. The zero-order chi connectivity index (χ0) is 24.1. The first-order valence-corrected chi connectivity index (χ1v) is 13.3. The van der Waals surface area contributed by atoms with Crippen molar-refractivity contribution < 1.29 is 26.6 Å². The molecule has 5 aromatic rings. The Morgan fingerprint density at radius 3 is 1.22 bits per heavy atom. The molecule has 0 radical (unpaired) electrons. The molecule has 0 amide bonds. The lowest BCUT2D eigenvalue weighted by molar-refractivity contribution is -0.0000180. The van der Waals surface area contributed by atoms with E-state index in [1.54, 1.807) is 30.3 Å². The average Bonchev–Trinajstić information content (AvgIpc) is 2.95. The zero-order valence-corrected chi connectivity index (χ0v) is 22.0. The van der Waals surface area contributed by atoms with Gasteiger partial charge in [0.15, 0.2) is 0 Å². The maximum absolute atomic E-state index is 13.8. The van der Waals surface area contributed by atoms with Crippen molar-refractivity contribution in [2.45, 2.75) is 0 Å². The number of rotatable bonds is 7. The Morgan fingerprint density at radius 1 is 0.417 bits per heavy atom. The highest BCUT2D eigenvalue weighted by atomic mass is 79.9. The van der Waals surface area contributed by atoms with Crippen LogP contribution in [0.15, 0.2) is 146 Å². The van der Waals surface area contributed by atoms with Crippen LogP contribution in [0.5, 0.6) is 0 Å². The highest BCUT2D eigenvalue weighted by Crippen LogP contribution is 2.54. The van der Waals surface area contributed by atoms with Crippen LogP contribution in [0, 0.1) is 0 Å². The molecule has 176 valence electrons. The minimum Gasteiger partial charge on any atom is -1.00 e. The molecule has 2 nitrogen and oxygen atoms in total. The van der Waals surface area contributed by atoms with Gasteiger partial charge in [-0.05, 0) is 48.5 Å². The molecule has 0 unspecified atom stereocenters. The fourth-order valence-corrected chi connectivity index (χ4v) is 9.05. The topological polar surface area (TPSA) is 34.1 Å². The Bertz CT molecular complexity index is 1360. The van der Waals surface area contributed by atoms with Gasteiger partial charge >= 0.3 is 0 Å². The average molecular weight is 551 g/mol. The number of hydrogen-bond donors (Lipinski definition) is 0. The van der Waals surface area contributed by atoms with Crippen molar-refractivity contribution in [3.05, 3.63) is 157 Å². The van der Waals surface area contributed by atoms with Crippen molar-refractivity contribution in [1.82, 2.24) is 0 Å². The second-order valence-corrected chi connectivity index (χ2v) is 11.6. The Balaban J connectivity index is 0.00000304. The molecule has 0 N–H and O–H groups in total. The Hall–Kier alpha value is -3.65. The SMILES string of the molecule is O=C(C(=O)c1ccccc1[P+](c1ccccc1)(c1ccccc1)c1ccccc1)c1ccccc1.[Br-]. The molecule has 0 fully saturated rings. The van der Waals surface area contributed by atoms with E-state index in [1.165, 1.54) is 0 Å². The van der Waals surface area contributed by atoms with E-state index >= 15 is 0 Å². The predicted molar refractivity (Wildman–Crippen MR) is 146 cm³/mol. The molecule has 0 aliphatic carbocycles. The lowest BCUT2D eigenvalue weighted by Gasteiger charge is -2.28. The van der Waals surface area contributed by atoms with E-state index in [0.717, 1.165) is 21.2 Å². The second kappa shape index (κ2) is 11.4. The molecular weight excluding hydrogens is 527 g/mol. The summed E-state index contributed by atoms with van der Waals surface area (Å²) in [5, 5.41) is 4.28. The summed E-state index contributed by atoms with van der Waals surface area (Å²) in [6.45, 7) is 0. The van der Waals surface area contributed by atoms with Crippen molar-refractivity contribution in [1.29, 1.82) is 0 Å². The fraction of sp³-hybridized carbons (Fsp3) is 0. The van der Waals surface area contributed by atoms with Gasteiger partial charge in [0.2, 0.25) is 11.6 Å². The monoisotopic (exact) mass is 550 g/mol. The fourth-order valence-electron chi connectivity index (χ4n) is 4.62. The first-order valence-electron chi connectivity index (χ1n) is 11.5. The van der Waals surface area contributed by atoms with Gasteiger partial charge in [0.25, 0.3) is 0 Å². The maximum atomic E-state index is 13.8. The highest BCUT2D eigenvalue weighted by molar-refractivity contribution is 8.01. The molecule has 0 aromatic heterocycles. The highest BCUT2D eigenvalue weighted by Gasteiger charge is 2.50. The number of Topliss-reactive ketones (excluding diaryl/α,β-unsaturated/α-hetero) is 2. The van der Waals surface area contributed by atoms with E-state index in [0.29, 0.717) is 11.1 Å². The summed E-state index contributed by atoms with van der Waals surface area (Å²) in [4.78, 5) is 27.1. The number of benzene rings is 5. The zero-order valence-electron chi connectivity index (χ0n) is 19.5. The van der Waals surface area contributed by atoms with Crippen molar-refractivity contribution >= 4 is 40.0 Å². The van der Waals surface area contributed by atoms with Crippen LogP contribution >= 0.6 is 7.26 Å². The van der Waals surface area contributed by atoms with Crippen LogP contribution in [0.3, 0.4) is 0 Å². The van der Waals surface area contributed by atoms with E-state index in [2.05, 4.69) is 36.4 Å². The van der Waals surface area contributed by atoms with Crippen LogP contribution in [0.1, 0.15) is 20.7 Å². The van der Waals surface area contributed by atoms with E-state index in [9.17, 15) is 9.59 Å². The van der Waals surface area contributed by atoms with E-state index in [1.807, 2.05) is 78.9 Å². The molecule has 5 rings (SSSR count). The molecular formula is C32H24BrO2P. The van der Waals surface area contributed by atoms with E-state index < -0.39 is 18.8 Å². The normalized spacial score (nSPS) is 10.8. The summed E-state index contributed by atoms with van der Waals surface area (Å²) in [7, 11) is -2.50. The standard InChI is InChI=1S/C32H24O2P.BrH/c33-31(25-15-5-1-6-16-25)32(34)29-23-13-14-24-30(29)35(26-17-7-2-8-18-26,27-19-9-3-10-20-27)28-21-11-4-12-22-28;/h1-24H;1H/q+1;/p-1. The molecule has 0 aliphatic heterocycles. The van der Waals surface area contributed by atoms with Crippen LogP contribution in [0.25, 0.3) is 0 Å². The van der Waals surface area contributed by atoms with Gasteiger partial charge in [-0.15, -0.1) is 0 Å².